The second kappa shape index (κ2) is 7.59. The van der Waals surface area contributed by atoms with Gasteiger partial charge in [0.15, 0.2) is 0 Å². The molecule has 0 saturated heterocycles. The van der Waals surface area contributed by atoms with Crippen molar-refractivity contribution in [3.8, 4) is 5.75 Å². The predicted octanol–water partition coefficient (Wildman–Crippen LogP) is 3.84. The summed E-state index contributed by atoms with van der Waals surface area (Å²) in [5.74, 6) is -0.410. The van der Waals surface area contributed by atoms with Crippen molar-refractivity contribution >= 4 is 44.2 Å². The molecule has 0 amide bonds. The quantitative estimate of drug-likeness (QED) is 0.684. The summed E-state index contributed by atoms with van der Waals surface area (Å²) in [5.41, 5.74) is 0.0424. The SMILES string of the molecule is COc1ccc(Cl)cc1N(C(C)C(=O)Cl)S(=O)(=O)c1ccc(F)cc1. The topological polar surface area (TPSA) is 63.7 Å². The van der Waals surface area contributed by atoms with Crippen molar-refractivity contribution in [3.05, 3.63) is 53.3 Å². The molecule has 0 spiro atoms. The van der Waals surface area contributed by atoms with Crippen LogP contribution in [0.15, 0.2) is 47.4 Å². The number of hydrogen-bond acceptors (Lipinski definition) is 4. The summed E-state index contributed by atoms with van der Waals surface area (Å²) in [6.07, 6.45) is 0. The van der Waals surface area contributed by atoms with Crippen molar-refractivity contribution in [2.45, 2.75) is 17.9 Å². The fourth-order valence-electron chi connectivity index (χ4n) is 2.19. The summed E-state index contributed by atoms with van der Waals surface area (Å²) in [7, 11) is -2.89. The number of ether oxygens (including phenoxy) is 1. The van der Waals surface area contributed by atoms with E-state index in [4.69, 9.17) is 27.9 Å². The van der Waals surface area contributed by atoms with Crippen LogP contribution >= 0.6 is 23.2 Å². The van der Waals surface area contributed by atoms with Crippen molar-refractivity contribution < 1.29 is 22.3 Å². The van der Waals surface area contributed by atoms with Gasteiger partial charge in [-0.15, -0.1) is 0 Å². The number of nitrogens with zero attached hydrogens (tertiary/aromatic N) is 1. The smallest absolute Gasteiger partial charge is 0.265 e. The van der Waals surface area contributed by atoms with Crippen LogP contribution in [-0.4, -0.2) is 26.8 Å². The van der Waals surface area contributed by atoms with Gasteiger partial charge >= 0.3 is 0 Å². The average molecular weight is 406 g/mol. The number of sulfonamides is 1. The van der Waals surface area contributed by atoms with E-state index in [0.717, 1.165) is 28.6 Å². The molecule has 0 aliphatic rings. The molecule has 0 N–H and O–H groups in total. The monoisotopic (exact) mass is 405 g/mol. The lowest BCUT2D eigenvalue weighted by Gasteiger charge is -2.29. The van der Waals surface area contributed by atoms with Gasteiger partial charge < -0.3 is 4.74 Å². The van der Waals surface area contributed by atoms with Crippen LogP contribution in [0.3, 0.4) is 0 Å². The van der Waals surface area contributed by atoms with Gasteiger partial charge in [-0.1, -0.05) is 11.6 Å². The molecule has 5 nitrogen and oxygen atoms in total. The van der Waals surface area contributed by atoms with E-state index in [2.05, 4.69) is 0 Å². The molecule has 0 fully saturated rings. The predicted molar refractivity (Wildman–Crippen MR) is 94.4 cm³/mol. The fraction of sp³-hybridized carbons (Fsp3) is 0.188. The summed E-state index contributed by atoms with van der Waals surface area (Å²) < 4.78 is 45.3. The fourth-order valence-corrected chi connectivity index (χ4v) is 4.14. The van der Waals surface area contributed by atoms with Crippen LogP contribution < -0.4 is 9.04 Å². The Balaban J connectivity index is 2.71. The molecule has 0 aromatic heterocycles. The average Bonchev–Trinajstić information content (AvgIpc) is 2.55. The van der Waals surface area contributed by atoms with Crippen molar-refractivity contribution in [1.82, 2.24) is 0 Å². The van der Waals surface area contributed by atoms with E-state index in [0.29, 0.717) is 0 Å². The van der Waals surface area contributed by atoms with Gasteiger partial charge in [0.2, 0.25) is 5.24 Å². The second-order valence-electron chi connectivity index (χ2n) is 5.05. The Morgan fingerprint density at radius 1 is 1.20 bits per heavy atom. The van der Waals surface area contributed by atoms with E-state index in [-0.39, 0.29) is 21.4 Å². The lowest BCUT2D eigenvalue weighted by molar-refractivity contribution is -0.112. The third-order valence-corrected chi connectivity index (χ3v) is 5.88. The summed E-state index contributed by atoms with van der Waals surface area (Å²) >= 11 is 11.5. The van der Waals surface area contributed by atoms with Gasteiger partial charge in [-0.3, -0.25) is 9.10 Å². The first-order chi connectivity index (χ1) is 11.7. The molecule has 0 heterocycles. The minimum atomic E-state index is -4.24. The van der Waals surface area contributed by atoms with E-state index in [1.165, 1.54) is 32.2 Å². The van der Waals surface area contributed by atoms with E-state index in [9.17, 15) is 17.6 Å². The molecule has 25 heavy (non-hydrogen) atoms. The summed E-state index contributed by atoms with van der Waals surface area (Å²) in [6, 6.07) is 7.29. The first kappa shape index (κ1) is 19.5. The lowest BCUT2D eigenvalue weighted by atomic mass is 10.2. The first-order valence-corrected chi connectivity index (χ1v) is 9.21. The lowest BCUT2D eigenvalue weighted by Crippen LogP contribution is -2.42. The standard InChI is InChI=1S/C16H14Cl2FNO4S/c1-10(16(18)21)20(14-9-11(17)3-8-15(14)24-2)25(22,23)13-6-4-12(19)5-7-13/h3-10H,1-2H3. The molecule has 2 aromatic carbocycles. The maximum Gasteiger partial charge on any atom is 0.265 e. The van der Waals surface area contributed by atoms with E-state index < -0.39 is 27.1 Å². The molecule has 1 unspecified atom stereocenters. The molecule has 0 radical (unpaired) electrons. The number of rotatable bonds is 6. The van der Waals surface area contributed by atoms with E-state index >= 15 is 0 Å². The van der Waals surface area contributed by atoms with E-state index in [1.807, 2.05) is 0 Å². The first-order valence-electron chi connectivity index (χ1n) is 7.01. The summed E-state index contributed by atoms with van der Waals surface area (Å²) in [4.78, 5) is 11.5. The Morgan fingerprint density at radius 3 is 2.32 bits per heavy atom. The van der Waals surface area contributed by atoms with Crippen LogP contribution in [0.2, 0.25) is 5.02 Å². The Morgan fingerprint density at radius 2 is 1.80 bits per heavy atom. The highest BCUT2D eigenvalue weighted by atomic mass is 35.5. The molecule has 0 aliphatic carbocycles. The second-order valence-corrected chi connectivity index (χ2v) is 7.67. The molecule has 0 aliphatic heterocycles. The number of carbonyl (C=O) groups is 1. The molecular weight excluding hydrogens is 392 g/mol. The zero-order chi connectivity index (χ0) is 18.8. The Kier molecular flexibility index (Phi) is 5.92. The van der Waals surface area contributed by atoms with Crippen molar-refractivity contribution in [1.29, 1.82) is 0 Å². The number of halogens is 3. The Bertz CT molecular complexity index is 888. The van der Waals surface area contributed by atoms with E-state index in [1.54, 1.807) is 0 Å². The molecule has 0 saturated carbocycles. The normalized spacial score (nSPS) is 12.5. The van der Waals surface area contributed by atoms with Crippen molar-refractivity contribution in [2.24, 2.45) is 0 Å². The van der Waals surface area contributed by atoms with Crippen LogP contribution in [0.1, 0.15) is 6.92 Å². The molecule has 2 aromatic rings. The van der Waals surface area contributed by atoms with Crippen LogP contribution in [0, 0.1) is 5.82 Å². The molecule has 2 rings (SSSR count). The van der Waals surface area contributed by atoms with Crippen LogP contribution in [0.4, 0.5) is 10.1 Å². The summed E-state index contributed by atoms with van der Waals surface area (Å²) in [5, 5.41) is -0.656. The zero-order valence-electron chi connectivity index (χ0n) is 13.2. The van der Waals surface area contributed by atoms with Gasteiger partial charge in [-0.25, -0.2) is 12.8 Å². The molecule has 9 heteroatoms. The molecule has 134 valence electrons. The number of methoxy groups -OCH3 is 1. The maximum absolute atomic E-state index is 13.1. The number of benzene rings is 2. The summed E-state index contributed by atoms with van der Waals surface area (Å²) in [6.45, 7) is 1.33. The van der Waals surface area contributed by atoms with Crippen molar-refractivity contribution in [3.63, 3.8) is 0 Å². The Labute approximate surface area is 155 Å². The highest BCUT2D eigenvalue weighted by molar-refractivity contribution is 7.93. The van der Waals surface area contributed by atoms with Crippen LogP contribution in [0.25, 0.3) is 0 Å². The Hall–Kier alpha value is -1.83. The highest BCUT2D eigenvalue weighted by Crippen LogP contribution is 2.36. The van der Waals surface area contributed by atoms with Crippen molar-refractivity contribution in [2.75, 3.05) is 11.4 Å². The molecule has 0 bridgehead atoms. The largest absolute Gasteiger partial charge is 0.495 e. The number of hydrogen-bond donors (Lipinski definition) is 0. The van der Waals surface area contributed by atoms with Gasteiger partial charge in [0.1, 0.15) is 17.6 Å². The third kappa shape index (κ3) is 4.05. The molecular formula is C16H14Cl2FNO4S. The van der Waals surface area contributed by atoms with Crippen LogP contribution in [-0.2, 0) is 14.8 Å². The highest BCUT2D eigenvalue weighted by Gasteiger charge is 2.34. The number of carbonyl (C=O) groups excluding carboxylic acids is 1. The van der Waals surface area contributed by atoms with Gasteiger partial charge in [0, 0.05) is 5.02 Å². The zero-order valence-corrected chi connectivity index (χ0v) is 15.6. The van der Waals surface area contributed by atoms with Gasteiger partial charge in [0.25, 0.3) is 10.0 Å². The van der Waals surface area contributed by atoms with Gasteiger partial charge in [-0.2, -0.15) is 0 Å². The maximum atomic E-state index is 13.1. The van der Waals surface area contributed by atoms with Gasteiger partial charge in [-0.05, 0) is 61.0 Å². The van der Waals surface area contributed by atoms with Gasteiger partial charge in [0.05, 0.1) is 17.7 Å². The third-order valence-electron chi connectivity index (χ3n) is 3.43. The molecule has 1 atom stereocenters. The van der Waals surface area contributed by atoms with Crippen LogP contribution in [0.5, 0.6) is 5.75 Å². The minimum absolute atomic E-state index is 0.0424. The minimum Gasteiger partial charge on any atom is -0.495 e. The number of anilines is 1.